The van der Waals surface area contributed by atoms with Gasteiger partial charge in [-0.2, -0.15) is 0 Å². The Labute approximate surface area is 163 Å². The highest BCUT2D eigenvalue weighted by Crippen LogP contribution is 2.46. The molecule has 0 N–H and O–H groups in total. The summed E-state index contributed by atoms with van der Waals surface area (Å²) >= 11 is 8.10. The van der Waals surface area contributed by atoms with Gasteiger partial charge in [0.1, 0.15) is 4.88 Å². The summed E-state index contributed by atoms with van der Waals surface area (Å²) in [5.41, 5.74) is 3.15. The summed E-state index contributed by atoms with van der Waals surface area (Å²) in [6.45, 7) is 8.60. The first-order valence-electron chi connectivity index (χ1n) is 8.92. The van der Waals surface area contributed by atoms with E-state index in [9.17, 15) is 4.79 Å². The van der Waals surface area contributed by atoms with Crippen LogP contribution in [0.4, 0.5) is 5.69 Å². The predicted molar refractivity (Wildman–Crippen MR) is 112 cm³/mol. The third-order valence-corrected chi connectivity index (χ3v) is 6.96. The van der Waals surface area contributed by atoms with Crippen LogP contribution >= 0.6 is 22.9 Å². The average Bonchev–Trinajstić information content (AvgIpc) is 2.91. The van der Waals surface area contributed by atoms with Gasteiger partial charge in [0.2, 0.25) is 0 Å². The van der Waals surface area contributed by atoms with E-state index in [1.54, 1.807) is 0 Å². The molecule has 0 spiro atoms. The largest absolute Gasteiger partial charge is 0.302 e. The minimum absolute atomic E-state index is 0.0000463. The minimum atomic E-state index is -0.267. The third-order valence-electron chi connectivity index (χ3n) is 5.30. The van der Waals surface area contributed by atoms with Crippen molar-refractivity contribution in [2.24, 2.45) is 0 Å². The first-order chi connectivity index (χ1) is 12.3. The fourth-order valence-corrected chi connectivity index (χ4v) is 5.62. The second-order valence-corrected chi connectivity index (χ2v) is 9.29. The quantitative estimate of drug-likeness (QED) is 0.452. The molecule has 1 atom stereocenters. The van der Waals surface area contributed by atoms with E-state index in [1.807, 2.05) is 29.2 Å². The van der Waals surface area contributed by atoms with Gasteiger partial charge in [0, 0.05) is 21.3 Å². The maximum Gasteiger partial charge on any atom is 0.270 e. The topological polar surface area (TPSA) is 20.3 Å². The number of nitrogens with zero attached hydrogens (tertiary/aromatic N) is 1. The van der Waals surface area contributed by atoms with Crippen LogP contribution in [0.15, 0.2) is 42.5 Å². The second kappa shape index (κ2) is 6.11. The van der Waals surface area contributed by atoms with Gasteiger partial charge in [0.15, 0.2) is 0 Å². The van der Waals surface area contributed by atoms with E-state index in [2.05, 4.69) is 45.9 Å². The molecule has 0 fully saturated rings. The standard InChI is InChI=1S/C22H22ClNOS/c1-13-9-10-15-14(2)12-22(3,4)24(17(15)11-13)21(25)20-19(23)16-7-5-6-8-18(16)26-20/h5-11,14H,12H2,1-4H3/t14-/m1/s1. The van der Waals surface area contributed by atoms with Crippen LogP contribution in [0.1, 0.15) is 53.9 Å². The number of carbonyl (C=O) groups is 1. The van der Waals surface area contributed by atoms with E-state index in [1.165, 1.54) is 16.9 Å². The zero-order valence-electron chi connectivity index (χ0n) is 15.5. The van der Waals surface area contributed by atoms with Gasteiger partial charge in [-0.3, -0.25) is 4.79 Å². The fourth-order valence-electron chi connectivity index (χ4n) is 4.18. The monoisotopic (exact) mass is 383 g/mol. The van der Waals surface area contributed by atoms with Gasteiger partial charge < -0.3 is 4.90 Å². The number of hydrogen-bond acceptors (Lipinski definition) is 2. The number of fused-ring (bicyclic) bond motifs is 2. The van der Waals surface area contributed by atoms with Crippen molar-refractivity contribution in [2.45, 2.75) is 45.6 Å². The molecule has 4 heteroatoms. The number of rotatable bonds is 1. The molecule has 0 saturated heterocycles. The maximum atomic E-state index is 13.6. The van der Waals surface area contributed by atoms with Crippen molar-refractivity contribution < 1.29 is 4.79 Å². The number of halogens is 1. The number of carbonyl (C=O) groups excluding carboxylic acids is 1. The molecular weight excluding hydrogens is 362 g/mol. The number of hydrogen-bond donors (Lipinski definition) is 0. The third kappa shape index (κ3) is 2.65. The average molecular weight is 384 g/mol. The van der Waals surface area contributed by atoms with Gasteiger partial charge in [-0.05, 0) is 56.4 Å². The van der Waals surface area contributed by atoms with Gasteiger partial charge >= 0.3 is 0 Å². The van der Waals surface area contributed by atoms with Crippen LogP contribution in [0.3, 0.4) is 0 Å². The predicted octanol–water partition coefficient (Wildman–Crippen LogP) is 6.80. The number of thiophene rings is 1. The molecule has 0 aliphatic carbocycles. The number of aryl methyl sites for hydroxylation is 1. The molecule has 0 unspecified atom stereocenters. The highest BCUT2D eigenvalue weighted by molar-refractivity contribution is 7.21. The van der Waals surface area contributed by atoms with E-state index in [0.29, 0.717) is 15.8 Å². The molecule has 4 rings (SSSR count). The molecule has 2 nitrogen and oxygen atoms in total. The van der Waals surface area contributed by atoms with Crippen LogP contribution in [0.25, 0.3) is 10.1 Å². The lowest BCUT2D eigenvalue weighted by molar-refractivity contribution is 0.0958. The van der Waals surface area contributed by atoms with Gasteiger partial charge in [-0.1, -0.05) is 48.9 Å². The lowest BCUT2D eigenvalue weighted by atomic mass is 9.79. The minimum Gasteiger partial charge on any atom is -0.302 e. The Morgan fingerprint density at radius 2 is 1.96 bits per heavy atom. The zero-order valence-corrected chi connectivity index (χ0v) is 17.0. The van der Waals surface area contributed by atoms with Crippen molar-refractivity contribution in [1.82, 2.24) is 0 Å². The van der Waals surface area contributed by atoms with Crippen molar-refractivity contribution >= 4 is 44.6 Å². The Morgan fingerprint density at radius 1 is 1.23 bits per heavy atom. The van der Waals surface area contributed by atoms with Crippen molar-refractivity contribution in [1.29, 1.82) is 0 Å². The zero-order chi connectivity index (χ0) is 18.6. The summed E-state index contributed by atoms with van der Waals surface area (Å²) in [6.07, 6.45) is 0.928. The molecule has 0 saturated carbocycles. The molecule has 2 aromatic carbocycles. The molecule has 1 aliphatic heterocycles. The SMILES string of the molecule is Cc1ccc2c(c1)N(C(=O)c1sc3ccccc3c1Cl)C(C)(C)C[C@H]2C. The highest BCUT2D eigenvalue weighted by atomic mass is 35.5. The highest BCUT2D eigenvalue weighted by Gasteiger charge is 2.41. The molecule has 26 heavy (non-hydrogen) atoms. The number of amides is 1. The lowest BCUT2D eigenvalue weighted by Gasteiger charge is -2.46. The molecule has 1 amide bonds. The first kappa shape index (κ1) is 17.6. The number of benzene rings is 2. The van der Waals surface area contributed by atoms with E-state index in [0.717, 1.165) is 27.8 Å². The summed E-state index contributed by atoms with van der Waals surface area (Å²) in [5.74, 6) is 0.419. The Hall–Kier alpha value is -1.84. The van der Waals surface area contributed by atoms with E-state index in [4.69, 9.17) is 11.6 Å². The van der Waals surface area contributed by atoms with E-state index < -0.39 is 0 Å². The van der Waals surface area contributed by atoms with Crippen molar-refractivity contribution in [3.63, 3.8) is 0 Å². The molecule has 0 radical (unpaired) electrons. The Bertz CT molecular complexity index is 1020. The van der Waals surface area contributed by atoms with Crippen LogP contribution in [0.2, 0.25) is 5.02 Å². The summed E-state index contributed by atoms with van der Waals surface area (Å²) < 4.78 is 1.05. The van der Waals surface area contributed by atoms with Crippen molar-refractivity contribution in [3.05, 3.63) is 63.5 Å². The second-order valence-electron chi connectivity index (χ2n) is 7.86. The molecule has 3 aromatic rings. The van der Waals surface area contributed by atoms with Crippen LogP contribution in [-0.4, -0.2) is 11.4 Å². The molecule has 2 heterocycles. The van der Waals surface area contributed by atoms with Gasteiger partial charge in [-0.15, -0.1) is 11.3 Å². The van der Waals surface area contributed by atoms with E-state index >= 15 is 0 Å². The first-order valence-corrected chi connectivity index (χ1v) is 10.1. The Balaban J connectivity index is 1.90. The van der Waals surface area contributed by atoms with Crippen LogP contribution in [0.5, 0.6) is 0 Å². The van der Waals surface area contributed by atoms with E-state index in [-0.39, 0.29) is 11.4 Å². The van der Waals surface area contributed by atoms with Crippen molar-refractivity contribution in [3.8, 4) is 0 Å². The lowest BCUT2D eigenvalue weighted by Crippen LogP contribution is -2.51. The molecule has 1 aromatic heterocycles. The van der Waals surface area contributed by atoms with Crippen LogP contribution in [0, 0.1) is 6.92 Å². The molecule has 134 valence electrons. The Kier molecular flexibility index (Phi) is 4.13. The van der Waals surface area contributed by atoms with Gasteiger partial charge in [-0.25, -0.2) is 0 Å². The van der Waals surface area contributed by atoms with Crippen LogP contribution in [-0.2, 0) is 0 Å². The molecule has 0 bridgehead atoms. The summed E-state index contributed by atoms with van der Waals surface area (Å²) in [6, 6.07) is 14.4. The van der Waals surface area contributed by atoms with Crippen molar-refractivity contribution in [2.75, 3.05) is 4.90 Å². The normalized spacial score (nSPS) is 18.8. The molecular formula is C22H22ClNOS. The van der Waals surface area contributed by atoms with Crippen LogP contribution < -0.4 is 4.90 Å². The van der Waals surface area contributed by atoms with Gasteiger partial charge in [0.05, 0.1) is 5.02 Å². The fraction of sp³-hybridized carbons (Fsp3) is 0.318. The molecule has 1 aliphatic rings. The summed E-state index contributed by atoms with van der Waals surface area (Å²) in [7, 11) is 0. The summed E-state index contributed by atoms with van der Waals surface area (Å²) in [5, 5.41) is 1.52. The maximum absolute atomic E-state index is 13.6. The smallest absolute Gasteiger partial charge is 0.270 e. The van der Waals surface area contributed by atoms with Gasteiger partial charge in [0.25, 0.3) is 5.91 Å². The summed E-state index contributed by atoms with van der Waals surface area (Å²) in [4.78, 5) is 16.2. The number of anilines is 1. The Morgan fingerprint density at radius 3 is 2.69 bits per heavy atom.